The first-order chi connectivity index (χ1) is 11.0. The normalized spacial score (nSPS) is 31.8. The van der Waals surface area contributed by atoms with Gasteiger partial charge >= 0.3 is 0 Å². The second-order valence-electron chi connectivity index (χ2n) is 6.84. The van der Waals surface area contributed by atoms with Crippen molar-refractivity contribution in [1.29, 1.82) is 0 Å². The molecular weight excluding hydrogens is 316 g/mol. The molecule has 0 amide bonds. The smallest absolute Gasteiger partial charge is 0.225 e. The Kier molecular flexibility index (Phi) is 3.58. The van der Waals surface area contributed by atoms with Crippen molar-refractivity contribution >= 4 is 16.0 Å². The van der Waals surface area contributed by atoms with Gasteiger partial charge in [0.25, 0.3) is 0 Å². The largest absolute Gasteiger partial charge is 0.371 e. The Bertz CT molecular complexity index is 679. The average molecular weight is 338 g/mol. The van der Waals surface area contributed by atoms with Crippen LogP contribution in [-0.2, 0) is 14.8 Å². The molecule has 1 aromatic heterocycles. The lowest BCUT2D eigenvalue weighted by atomic mass is 9.97. The molecular formula is C15H22N4O3S. The van der Waals surface area contributed by atoms with Crippen LogP contribution in [0.5, 0.6) is 0 Å². The Balaban J connectivity index is 1.44. The first kappa shape index (κ1) is 15.3. The number of anilines is 1. The van der Waals surface area contributed by atoms with E-state index in [1.807, 2.05) is 11.9 Å². The zero-order valence-corrected chi connectivity index (χ0v) is 14.1. The van der Waals surface area contributed by atoms with Crippen LogP contribution in [0.4, 0.5) is 5.95 Å². The van der Waals surface area contributed by atoms with E-state index < -0.39 is 10.0 Å². The van der Waals surface area contributed by atoms with Gasteiger partial charge in [-0.1, -0.05) is 0 Å². The molecule has 0 unspecified atom stereocenters. The lowest BCUT2D eigenvalue weighted by molar-refractivity contribution is 0.0171. The number of ether oxygens (including phenoxy) is 1. The van der Waals surface area contributed by atoms with Crippen molar-refractivity contribution < 1.29 is 13.2 Å². The van der Waals surface area contributed by atoms with E-state index in [1.165, 1.54) is 0 Å². The number of aromatic nitrogens is 2. The van der Waals surface area contributed by atoms with Crippen molar-refractivity contribution in [3.8, 4) is 0 Å². The molecule has 2 aliphatic heterocycles. The summed E-state index contributed by atoms with van der Waals surface area (Å²) < 4.78 is 32.5. The van der Waals surface area contributed by atoms with Crippen LogP contribution in [0, 0.1) is 0 Å². The second-order valence-corrected chi connectivity index (χ2v) is 9.05. The van der Waals surface area contributed by atoms with Gasteiger partial charge < -0.3 is 9.64 Å². The number of rotatable bonds is 4. The van der Waals surface area contributed by atoms with E-state index in [1.54, 1.807) is 22.8 Å². The van der Waals surface area contributed by atoms with E-state index in [-0.39, 0.29) is 16.9 Å². The molecule has 126 valence electrons. The van der Waals surface area contributed by atoms with Crippen LogP contribution < -0.4 is 4.90 Å². The summed E-state index contributed by atoms with van der Waals surface area (Å²) >= 11 is 0. The maximum absolute atomic E-state index is 12.4. The minimum absolute atomic E-state index is 0.143. The van der Waals surface area contributed by atoms with Gasteiger partial charge in [0.15, 0.2) is 0 Å². The fourth-order valence-electron chi connectivity index (χ4n) is 3.59. The topological polar surface area (TPSA) is 75.6 Å². The molecule has 2 saturated heterocycles. The van der Waals surface area contributed by atoms with Crippen LogP contribution >= 0.6 is 0 Å². The molecule has 3 aliphatic rings. The number of nitrogens with zero attached hydrogens (tertiary/aromatic N) is 4. The molecule has 3 heterocycles. The van der Waals surface area contributed by atoms with E-state index in [0.29, 0.717) is 25.6 Å². The van der Waals surface area contributed by atoms with E-state index in [0.717, 1.165) is 25.7 Å². The van der Waals surface area contributed by atoms with Gasteiger partial charge in [-0.15, -0.1) is 0 Å². The van der Waals surface area contributed by atoms with E-state index in [2.05, 4.69) is 9.97 Å². The van der Waals surface area contributed by atoms with Crippen molar-refractivity contribution in [3.63, 3.8) is 0 Å². The number of hydrogen-bond donors (Lipinski definition) is 0. The second kappa shape index (κ2) is 5.39. The van der Waals surface area contributed by atoms with Crippen molar-refractivity contribution in [1.82, 2.24) is 14.3 Å². The third-order valence-electron chi connectivity index (χ3n) is 5.19. The van der Waals surface area contributed by atoms with Gasteiger partial charge in [0, 0.05) is 39.0 Å². The fourth-order valence-corrected chi connectivity index (χ4v) is 5.51. The first-order valence-electron chi connectivity index (χ1n) is 8.13. The summed E-state index contributed by atoms with van der Waals surface area (Å²) in [6.07, 6.45) is 6.66. The Morgan fingerprint density at radius 1 is 1.35 bits per heavy atom. The highest BCUT2D eigenvalue weighted by molar-refractivity contribution is 7.90. The molecule has 3 fully saturated rings. The van der Waals surface area contributed by atoms with Gasteiger partial charge in [-0.05, 0) is 25.3 Å². The molecule has 0 bridgehead atoms. The summed E-state index contributed by atoms with van der Waals surface area (Å²) in [5.41, 5.74) is -0.338. The molecule has 1 saturated carbocycles. The summed E-state index contributed by atoms with van der Waals surface area (Å²) in [7, 11) is -1.14. The van der Waals surface area contributed by atoms with Crippen LogP contribution in [0.1, 0.15) is 25.7 Å². The fraction of sp³-hybridized carbons (Fsp3) is 0.733. The van der Waals surface area contributed by atoms with Gasteiger partial charge in [0.05, 0.1) is 23.5 Å². The molecule has 0 aromatic carbocycles. The van der Waals surface area contributed by atoms with Gasteiger partial charge in [0.2, 0.25) is 16.0 Å². The average Bonchev–Trinajstić information content (AvgIpc) is 3.24. The molecule has 8 heteroatoms. The molecule has 0 N–H and O–H groups in total. The minimum Gasteiger partial charge on any atom is -0.371 e. The summed E-state index contributed by atoms with van der Waals surface area (Å²) in [6, 6.07) is 1.97. The third kappa shape index (κ3) is 2.72. The van der Waals surface area contributed by atoms with Crippen molar-refractivity contribution in [3.05, 3.63) is 18.5 Å². The van der Waals surface area contributed by atoms with Crippen LogP contribution in [0.15, 0.2) is 18.5 Å². The molecule has 1 aliphatic carbocycles. The molecule has 1 spiro atoms. The SMILES string of the molecule is CN(c1ncccn1)[C@@H]1CO[C@@]2(CCN(S(=O)(=O)C3CC3)C2)C1. The highest BCUT2D eigenvalue weighted by Crippen LogP contribution is 2.41. The monoisotopic (exact) mass is 338 g/mol. The third-order valence-corrected chi connectivity index (χ3v) is 7.54. The predicted octanol–water partition coefficient (Wildman–Crippen LogP) is 0.638. The summed E-state index contributed by atoms with van der Waals surface area (Å²) in [5, 5.41) is -0.143. The maximum Gasteiger partial charge on any atom is 0.225 e. The van der Waals surface area contributed by atoms with Gasteiger partial charge in [-0.3, -0.25) is 0 Å². The maximum atomic E-state index is 12.4. The van der Waals surface area contributed by atoms with Gasteiger partial charge in [-0.25, -0.2) is 18.4 Å². The van der Waals surface area contributed by atoms with E-state index in [4.69, 9.17) is 4.74 Å². The zero-order valence-electron chi connectivity index (χ0n) is 13.3. The van der Waals surface area contributed by atoms with E-state index in [9.17, 15) is 8.42 Å². The van der Waals surface area contributed by atoms with Crippen LogP contribution in [0.3, 0.4) is 0 Å². The first-order valence-corrected chi connectivity index (χ1v) is 9.63. The summed E-state index contributed by atoms with van der Waals surface area (Å²) in [4.78, 5) is 10.6. The molecule has 4 rings (SSSR count). The molecule has 23 heavy (non-hydrogen) atoms. The quantitative estimate of drug-likeness (QED) is 0.802. The number of hydrogen-bond acceptors (Lipinski definition) is 6. The predicted molar refractivity (Wildman–Crippen MR) is 85.7 cm³/mol. The summed E-state index contributed by atoms with van der Waals surface area (Å²) in [5.74, 6) is 0.679. The molecule has 7 nitrogen and oxygen atoms in total. The Hall–Kier alpha value is -1.25. The lowest BCUT2D eigenvalue weighted by Gasteiger charge is -2.26. The molecule has 2 atom stereocenters. The van der Waals surface area contributed by atoms with Gasteiger partial charge in [-0.2, -0.15) is 4.31 Å². The van der Waals surface area contributed by atoms with Crippen LogP contribution in [0.2, 0.25) is 0 Å². The van der Waals surface area contributed by atoms with Crippen molar-refractivity contribution in [2.45, 2.75) is 42.6 Å². The molecule has 0 radical (unpaired) electrons. The molecule has 1 aromatic rings. The summed E-state index contributed by atoms with van der Waals surface area (Å²) in [6.45, 7) is 1.66. The highest BCUT2D eigenvalue weighted by atomic mass is 32.2. The van der Waals surface area contributed by atoms with Crippen molar-refractivity contribution in [2.24, 2.45) is 0 Å². The standard InChI is InChI=1S/C15H22N4O3S/c1-18(14-16-6-2-7-17-14)12-9-15(22-10-12)5-8-19(11-15)23(20,21)13-3-4-13/h2,6-7,12-13H,3-5,8-11H2,1H3/t12-,15-/m0/s1. The van der Waals surface area contributed by atoms with Crippen LogP contribution in [-0.4, -0.2) is 66.3 Å². The zero-order chi connectivity index (χ0) is 16.1. The highest BCUT2D eigenvalue weighted by Gasteiger charge is 2.52. The lowest BCUT2D eigenvalue weighted by Crippen LogP contribution is -2.39. The van der Waals surface area contributed by atoms with Gasteiger partial charge in [0.1, 0.15) is 0 Å². The Morgan fingerprint density at radius 3 is 2.78 bits per heavy atom. The number of sulfonamides is 1. The number of likely N-dealkylation sites (N-methyl/N-ethyl adjacent to an activating group) is 1. The van der Waals surface area contributed by atoms with E-state index >= 15 is 0 Å². The Labute approximate surface area is 136 Å². The van der Waals surface area contributed by atoms with Crippen molar-refractivity contribution in [2.75, 3.05) is 31.6 Å². The minimum atomic E-state index is -3.10. The van der Waals surface area contributed by atoms with Crippen LogP contribution in [0.25, 0.3) is 0 Å². The Morgan fingerprint density at radius 2 is 2.09 bits per heavy atom.